The highest BCUT2D eigenvalue weighted by Crippen LogP contribution is 2.02. The standard InChI is InChI=1S/C13H16N2O.CH4/c1-2-5-12(6-3-1)10-16-8-4-7-13-9-14-11-15-13;/h1-3,5-6,9,11H,4,7-8,10H2,(H,14,15);1H4. The normalized spacial score (nSPS) is 9.88. The Labute approximate surface area is 103 Å². The number of rotatable bonds is 6. The molecule has 0 unspecified atom stereocenters. The zero-order valence-electron chi connectivity index (χ0n) is 9.23. The van der Waals surface area contributed by atoms with Crippen molar-refractivity contribution in [1.29, 1.82) is 0 Å². The van der Waals surface area contributed by atoms with Crippen LogP contribution in [-0.4, -0.2) is 16.6 Å². The average molecular weight is 232 g/mol. The van der Waals surface area contributed by atoms with Crippen LogP contribution in [0.25, 0.3) is 0 Å². The van der Waals surface area contributed by atoms with Crippen LogP contribution in [0.2, 0.25) is 0 Å². The second-order valence-electron chi connectivity index (χ2n) is 3.72. The fourth-order valence-electron chi connectivity index (χ4n) is 1.55. The molecule has 3 nitrogen and oxygen atoms in total. The quantitative estimate of drug-likeness (QED) is 0.777. The summed E-state index contributed by atoms with van der Waals surface area (Å²) in [7, 11) is 0. The maximum Gasteiger partial charge on any atom is 0.0921 e. The Hall–Kier alpha value is -1.61. The molecule has 0 saturated heterocycles. The van der Waals surface area contributed by atoms with E-state index < -0.39 is 0 Å². The van der Waals surface area contributed by atoms with Crippen LogP contribution in [0.4, 0.5) is 0 Å². The molecule has 0 aliphatic carbocycles. The van der Waals surface area contributed by atoms with E-state index in [1.54, 1.807) is 6.33 Å². The SMILES string of the molecule is C.c1ccc(COCCCc2cnc[nH]2)cc1. The topological polar surface area (TPSA) is 37.9 Å². The zero-order valence-corrected chi connectivity index (χ0v) is 9.23. The monoisotopic (exact) mass is 232 g/mol. The minimum Gasteiger partial charge on any atom is -0.377 e. The molecule has 0 amide bonds. The van der Waals surface area contributed by atoms with Gasteiger partial charge in [-0.2, -0.15) is 0 Å². The molecular formula is C14H20N2O. The fourth-order valence-corrected chi connectivity index (χ4v) is 1.55. The van der Waals surface area contributed by atoms with Crippen molar-refractivity contribution in [3.05, 3.63) is 54.1 Å². The van der Waals surface area contributed by atoms with Crippen LogP contribution in [0.1, 0.15) is 25.1 Å². The Morgan fingerprint density at radius 1 is 1.18 bits per heavy atom. The number of nitrogens with one attached hydrogen (secondary N) is 1. The lowest BCUT2D eigenvalue weighted by Crippen LogP contribution is -1.97. The maximum absolute atomic E-state index is 5.58. The number of imidazole rings is 1. The van der Waals surface area contributed by atoms with Crippen molar-refractivity contribution in [3.8, 4) is 0 Å². The van der Waals surface area contributed by atoms with Crippen LogP contribution in [-0.2, 0) is 17.8 Å². The van der Waals surface area contributed by atoms with E-state index in [1.165, 1.54) is 11.3 Å². The Morgan fingerprint density at radius 2 is 2.00 bits per heavy atom. The van der Waals surface area contributed by atoms with E-state index in [9.17, 15) is 0 Å². The Balaban J connectivity index is 0.00000144. The lowest BCUT2D eigenvalue weighted by molar-refractivity contribution is 0.118. The molecular weight excluding hydrogens is 212 g/mol. The average Bonchev–Trinajstić information content (AvgIpc) is 2.83. The van der Waals surface area contributed by atoms with Gasteiger partial charge in [-0.25, -0.2) is 4.98 Å². The van der Waals surface area contributed by atoms with Gasteiger partial charge in [-0.3, -0.25) is 0 Å². The smallest absolute Gasteiger partial charge is 0.0921 e. The number of hydrogen-bond acceptors (Lipinski definition) is 2. The number of aryl methyl sites for hydroxylation is 1. The molecule has 0 fully saturated rings. The molecule has 17 heavy (non-hydrogen) atoms. The van der Waals surface area contributed by atoms with Gasteiger partial charge in [-0.15, -0.1) is 0 Å². The highest BCUT2D eigenvalue weighted by atomic mass is 16.5. The van der Waals surface area contributed by atoms with Gasteiger partial charge in [0.1, 0.15) is 0 Å². The van der Waals surface area contributed by atoms with Gasteiger partial charge < -0.3 is 9.72 Å². The van der Waals surface area contributed by atoms with Crippen molar-refractivity contribution < 1.29 is 4.74 Å². The maximum atomic E-state index is 5.58. The molecule has 0 aliphatic heterocycles. The molecule has 0 saturated carbocycles. The molecule has 0 atom stereocenters. The third kappa shape index (κ3) is 4.83. The first-order valence-corrected chi connectivity index (χ1v) is 5.54. The van der Waals surface area contributed by atoms with E-state index in [2.05, 4.69) is 22.1 Å². The predicted molar refractivity (Wildman–Crippen MR) is 69.7 cm³/mol. The van der Waals surface area contributed by atoms with Crippen molar-refractivity contribution in [1.82, 2.24) is 9.97 Å². The number of benzene rings is 1. The van der Waals surface area contributed by atoms with Gasteiger partial charge >= 0.3 is 0 Å². The van der Waals surface area contributed by atoms with E-state index in [0.717, 1.165) is 19.4 Å². The summed E-state index contributed by atoms with van der Waals surface area (Å²) in [5.41, 5.74) is 2.40. The third-order valence-electron chi connectivity index (χ3n) is 2.40. The molecule has 1 aromatic heterocycles. The summed E-state index contributed by atoms with van der Waals surface area (Å²) in [6, 6.07) is 10.2. The Morgan fingerprint density at radius 3 is 2.71 bits per heavy atom. The second kappa shape index (κ2) is 7.63. The van der Waals surface area contributed by atoms with Crippen LogP contribution < -0.4 is 0 Å². The summed E-state index contributed by atoms with van der Waals surface area (Å²) in [6.07, 6.45) is 5.58. The van der Waals surface area contributed by atoms with E-state index in [0.29, 0.717) is 6.61 Å². The molecule has 0 radical (unpaired) electrons. The lowest BCUT2D eigenvalue weighted by atomic mass is 10.2. The summed E-state index contributed by atoms with van der Waals surface area (Å²) >= 11 is 0. The van der Waals surface area contributed by atoms with Crippen molar-refractivity contribution in [2.24, 2.45) is 0 Å². The number of aromatic amines is 1. The molecule has 3 heteroatoms. The summed E-state index contributed by atoms with van der Waals surface area (Å²) < 4.78 is 5.58. The highest BCUT2D eigenvalue weighted by Gasteiger charge is 1.95. The molecule has 0 bridgehead atoms. The van der Waals surface area contributed by atoms with Crippen LogP contribution >= 0.6 is 0 Å². The second-order valence-corrected chi connectivity index (χ2v) is 3.72. The van der Waals surface area contributed by atoms with E-state index in [1.807, 2.05) is 24.4 Å². The molecule has 1 N–H and O–H groups in total. The molecule has 1 aromatic carbocycles. The van der Waals surface area contributed by atoms with E-state index in [4.69, 9.17) is 4.74 Å². The number of H-pyrrole nitrogens is 1. The van der Waals surface area contributed by atoms with Crippen LogP contribution in [0, 0.1) is 0 Å². The van der Waals surface area contributed by atoms with Gasteiger partial charge in [0.2, 0.25) is 0 Å². The summed E-state index contributed by atoms with van der Waals surface area (Å²) in [5, 5.41) is 0. The van der Waals surface area contributed by atoms with Crippen molar-refractivity contribution in [2.45, 2.75) is 26.9 Å². The Kier molecular flexibility index (Phi) is 6.04. The molecule has 0 spiro atoms. The predicted octanol–water partition coefficient (Wildman–Crippen LogP) is 3.20. The molecule has 92 valence electrons. The van der Waals surface area contributed by atoms with Gasteiger partial charge in [-0.05, 0) is 18.4 Å². The van der Waals surface area contributed by atoms with Crippen LogP contribution in [0.3, 0.4) is 0 Å². The number of ether oxygens (including phenoxy) is 1. The van der Waals surface area contributed by atoms with Crippen molar-refractivity contribution in [2.75, 3.05) is 6.61 Å². The molecule has 1 heterocycles. The van der Waals surface area contributed by atoms with Gasteiger partial charge in [-0.1, -0.05) is 37.8 Å². The van der Waals surface area contributed by atoms with Gasteiger partial charge in [0, 0.05) is 18.5 Å². The van der Waals surface area contributed by atoms with E-state index in [-0.39, 0.29) is 7.43 Å². The fraction of sp³-hybridized carbons (Fsp3) is 0.357. The lowest BCUT2D eigenvalue weighted by Gasteiger charge is -2.03. The first-order chi connectivity index (χ1) is 7.95. The summed E-state index contributed by atoms with van der Waals surface area (Å²) in [6.45, 7) is 1.48. The molecule has 0 aliphatic rings. The number of nitrogens with zero attached hydrogens (tertiary/aromatic N) is 1. The van der Waals surface area contributed by atoms with Crippen LogP contribution in [0.15, 0.2) is 42.9 Å². The van der Waals surface area contributed by atoms with Gasteiger partial charge in [0.25, 0.3) is 0 Å². The largest absolute Gasteiger partial charge is 0.377 e. The van der Waals surface area contributed by atoms with Crippen molar-refractivity contribution in [3.63, 3.8) is 0 Å². The van der Waals surface area contributed by atoms with Crippen LogP contribution in [0.5, 0.6) is 0 Å². The number of aromatic nitrogens is 2. The first-order valence-electron chi connectivity index (χ1n) is 5.54. The molecule has 2 aromatic rings. The Bertz CT molecular complexity index is 384. The van der Waals surface area contributed by atoms with Gasteiger partial charge in [0.05, 0.1) is 12.9 Å². The first kappa shape index (κ1) is 13.5. The molecule has 2 rings (SSSR count). The summed E-state index contributed by atoms with van der Waals surface area (Å²) in [5.74, 6) is 0. The van der Waals surface area contributed by atoms with E-state index >= 15 is 0 Å². The minimum atomic E-state index is 0. The van der Waals surface area contributed by atoms with Gasteiger partial charge in [0.15, 0.2) is 0 Å². The highest BCUT2D eigenvalue weighted by molar-refractivity contribution is 5.13. The zero-order chi connectivity index (χ0) is 11.1. The third-order valence-corrected chi connectivity index (χ3v) is 2.40. The number of hydrogen-bond donors (Lipinski definition) is 1. The van der Waals surface area contributed by atoms with Crippen molar-refractivity contribution >= 4 is 0 Å². The summed E-state index contributed by atoms with van der Waals surface area (Å²) in [4.78, 5) is 7.05. The minimum absolute atomic E-state index is 0.